The number of hydrogen-bond donors (Lipinski definition) is 1. The Bertz CT molecular complexity index is 855. The van der Waals surface area contributed by atoms with Gasteiger partial charge in [-0.1, -0.05) is 30.3 Å². The molecule has 0 saturated carbocycles. The molecule has 128 valence electrons. The van der Waals surface area contributed by atoms with Gasteiger partial charge < -0.3 is 5.32 Å². The third-order valence-corrected chi connectivity index (χ3v) is 6.33. The minimum absolute atomic E-state index is 0.0413. The molecule has 6 nitrogen and oxygen atoms in total. The number of benzene rings is 2. The van der Waals surface area contributed by atoms with Crippen molar-refractivity contribution in [2.75, 3.05) is 5.32 Å². The third-order valence-electron chi connectivity index (χ3n) is 3.11. The summed E-state index contributed by atoms with van der Waals surface area (Å²) in [6.45, 7) is 0.260. The van der Waals surface area contributed by atoms with Crippen molar-refractivity contribution in [1.82, 2.24) is 0 Å². The van der Waals surface area contributed by atoms with Crippen LogP contribution >= 0.6 is 22.6 Å². The molecule has 1 N–H and O–H groups in total. The van der Waals surface area contributed by atoms with Crippen LogP contribution in [0.15, 0.2) is 53.4 Å². The Hall–Kier alpha value is -1.82. The Morgan fingerprint density at radius 1 is 1.17 bits per heavy atom. The summed E-state index contributed by atoms with van der Waals surface area (Å²) in [5.41, 5.74) is 0.300. The van der Waals surface area contributed by atoms with Gasteiger partial charge in [0.25, 0.3) is 15.5 Å². The zero-order valence-electron chi connectivity index (χ0n) is 11.9. The van der Waals surface area contributed by atoms with Gasteiger partial charge in [-0.3, -0.25) is 10.1 Å². The average Bonchev–Trinajstić information content (AvgIpc) is 2.52. The first kappa shape index (κ1) is 18.5. The minimum Gasteiger partial charge on any atom is -0.375 e. The van der Waals surface area contributed by atoms with Gasteiger partial charge >= 0.3 is 3.26 Å². The van der Waals surface area contributed by atoms with E-state index >= 15 is 0 Å². The first-order valence-corrected chi connectivity index (χ1v) is 9.07. The second-order valence-corrected chi connectivity index (χ2v) is 8.80. The third kappa shape index (κ3) is 3.98. The number of alkyl halides is 3. The van der Waals surface area contributed by atoms with Gasteiger partial charge in [0.2, 0.25) is 0 Å². The molecule has 0 saturated heterocycles. The fourth-order valence-corrected chi connectivity index (χ4v) is 3.45. The highest BCUT2D eigenvalue weighted by Gasteiger charge is 2.43. The van der Waals surface area contributed by atoms with E-state index in [-0.39, 0.29) is 12.2 Å². The van der Waals surface area contributed by atoms with Gasteiger partial charge in [-0.25, -0.2) is 8.42 Å². The van der Waals surface area contributed by atoms with Crippen molar-refractivity contribution in [2.45, 2.75) is 14.7 Å². The molecule has 2 aromatic carbocycles. The molecule has 0 unspecified atom stereocenters. The maximum atomic E-state index is 13.2. The minimum atomic E-state index is -5.00. The second kappa shape index (κ2) is 6.97. The summed E-state index contributed by atoms with van der Waals surface area (Å²) in [7, 11) is -5.00. The maximum Gasteiger partial charge on any atom is 0.398 e. The van der Waals surface area contributed by atoms with Gasteiger partial charge in [0.05, 0.1) is 9.82 Å². The highest BCUT2D eigenvalue weighted by atomic mass is 127. The Labute approximate surface area is 150 Å². The van der Waals surface area contributed by atoms with E-state index < -0.39 is 28.6 Å². The van der Waals surface area contributed by atoms with E-state index in [9.17, 15) is 27.3 Å². The number of halogens is 3. The number of hydrogen-bond acceptors (Lipinski definition) is 5. The van der Waals surface area contributed by atoms with Gasteiger partial charge in [0, 0.05) is 35.2 Å². The number of nitrogens with zero attached hydrogens (tertiary/aromatic N) is 1. The molecular formula is C14H11F2IN2O4S. The van der Waals surface area contributed by atoms with E-state index in [0.29, 0.717) is 28.7 Å². The molecule has 10 heteroatoms. The van der Waals surface area contributed by atoms with Crippen LogP contribution in [0, 0.1) is 10.1 Å². The Balaban J connectivity index is 2.36. The Morgan fingerprint density at radius 3 is 2.33 bits per heavy atom. The van der Waals surface area contributed by atoms with Crippen LogP contribution in [0.1, 0.15) is 5.56 Å². The van der Waals surface area contributed by atoms with E-state index in [0.717, 1.165) is 17.7 Å². The molecule has 24 heavy (non-hydrogen) atoms. The summed E-state index contributed by atoms with van der Waals surface area (Å²) in [4.78, 5) is 9.51. The van der Waals surface area contributed by atoms with Crippen molar-refractivity contribution in [1.29, 1.82) is 0 Å². The van der Waals surface area contributed by atoms with Crippen LogP contribution in [0.5, 0.6) is 0 Å². The lowest BCUT2D eigenvalue weighted by Crippen LogP contribution is -2.21. The van der Waals surface area contributed by atoms with Gasteiger partial charge in [0.1, 0.15) is 5.69 Å². The normalized spacial score (nSPS) is 12.0. The Kier molecular flexibility index (Phi) is 5.38. The van der Waals surface area contributed by atoms with Gasteiger partial charge in [-0.05, 0) is 17.7 Å². The van der Waals surface area contributed by atoms with Crippen LogP contribution in [0.3, 0.4) is 0 Å². The van der Waals surface area contributed by atoms with Crippen LogP contribution in [0.25, 0.3) is 0 Å². The van der Waals surface area contributed by atoms with Crippen LogP contribution in [-0.2, 0) is 16.4 Å². The smallest absolute Gasteiger partial charge is 0.375 e. The number of nitro groups is 1. The van der Waals surface area contributed by atoms with Crippen molar-refractivity contribution in [3.63, 3.8) is 0 Å². The van der Waals surface area contributed by atoms with Crippen LogP contribution < -0.4 is 5.32 Å². The summed E-state index contributed by atoms with van der Waals surface area (Å²) in [6.07, 6.45) is 0. The molecule has 0 heterocycles. The average molecular weight is 468 g/mol. The monoisotopic (exact) mass is 468 g/mol. The lowest BCUT2D eigenvalue weighted by atomic mass is 10.2. The number of rotatable bonds is 6. The van der Waals surface area contributed by atoms with Gasteiger partial charge in [0.15, 0.2) is 0 Å². The highest BCUT2D eigenvalue weighted by molar-refractivity contribution is 14.1. The first-order chi connectivity index (χ1) is 11.1. The van der Waals surface area contributed by atoms with Crippen molar-refractivity contribution >= 4 is 43.8 Å². The van der Waals surface area contributed by atoms with E-state index in [1.54, 1.807) is 24.3 Å². The fourth-order valence-electron chi connectivity index (χ4n) is 1.91. The summed E-state index contributed by atoms with van der Waals surface area (Å²) >= 11 is 0.478. The molecule has 0 bridgehead atoms. The van der Waals surface area contributed by atoms with Crippen LogP contribution in [-0.4, -0.2) is 16.6 Å². The predicted octanol–water partition coefficient (Wildman–Crippen LogP) is 3.97. The molecule has 0 radical (unpaired) electrons. The van der Waals surface area contributed by atoms with E-state index in [1.165, 1.54) is 0 Å². The topological polar surface area (TPSA) is 89.3 Å². The van der Waals surface area contributed by atoms with E-state index in [1.807, 2.05) is 6.07 Å². The number of nitro benzene ring substituents is 1. The summed E-state index contributed by atoms with van der Waals surface area (Å²) < 4.78 is 45.8. The zero-order chi connectivity index (χ0) is 18.0. The van der Waals surface area contributed by atoms with Crippen LogP contribution in [0.4, 0.5) is 20.2 Å². The standard InChI is InChI=1S/C14H11F2IN2O4S/c15-14(16,17)24(22,23)11-6-7-12(13(8-11)19(20)21)18-9-10-4-2-1-3-5-10/h1-8,18H,9H2. The van der Waals surface area contributed by atoms with Crippen molar-refractivity contribution in [2.24, 2.45) is 0 Å². The lowest BCUT2D eigenvalue weighted by Gasteiger charge is -2.12. The summed E-state index contributed by atoms with van der Waals surface area (Å²) in [5, 5.41) is 13.9. The quantitative estimate of drug-likeness (QED) is 0.300. The molecule has 0 spiro atoms. The number of anilines is 1. The molecule has 0 amide bonds. The van der Waals surface area contributed by atoms with Gasteiger partial charge in [-0.15, -0.1) is 0 Å². The van der Waals surface area contributed by atoms with Crippen LogP contribution in [0.2, 0.25) is 0 Å². The molecule has 0 atom stereocenters. The zero-order valence-corrected chi connectivity index (χ0v) is 14.9. The molecule has 0 aromatic heterocycles. The van der Waals surface area contributed by atoms with Gasteiger partial charge in [-0.2, -0.15) is 8.78 Å². The van der Waals surface area contributed by atoms with E-state index in [4.69, 9.17) is 0 Å². The molecule has 2 rings (SSSR count). The Morgan fingerprint density at radius 2 is 1.79 bits per heavy atom. The second-order valence-electron chi connectivity index (χ2n) is 4.72. The SMILES string of the molecule is O=[N+]([O-])c1cc(S(=O)(=O)C(F)(F)I)ccc1NCc1ccccc1. The predicted molar refractivity (Wildman–Crippen MR) is 93.0 cm³/mol. The van der Waals surface area contributed by atoms with E-state index in [2.05, 4.69) is 5.32 Å². The van der Waals surface area contributed by atoms with Crippen molar-refractivity contribution in [3.8, 4) is 0 Å². The summed E-state index contributed by atoms with van der Waals surface area (Å²) in [5.74, 6) is 0. The molecule has 0 aliphatic rings. The summed E-state index contributed by atoms with van der Waals surface area (Å²) in [6, 6.07) is 11.7. The molecular weight excluding hydrogens is 457 g/mol. The molecule has 0 fully saturated rings. The first-order valence-electron chi connectivity index (χ1n) is 6.50. The lowest BCUT2D eigenvalue weighted by molar-refractivity contribution is -0.384. The fraction of sp³-hybridized carbons (Fsp3) is 0.143. The highest BCUT2D eigenvalue weighted by Crippen LogP contribution is 2.37. The number of sulfone groups is 1. The number of nitrogens with one attached hydrogen (secondary N) is 1. The van der Waals surface area contributed by atoms with Crippen molar-refractivity contribution in [3.05, 3.63) is 64.2 Å². The largest absolute Gasteiger partial charge is 0.398 e. The maximum absolute atomic E-state index is 13.2. The molecule has 2 aromatic rings. The van der Waals surface area contributed by atoms with Crippen molar-refractivity contribution < 1.29 is 22.1 Å². The molecule has 0 aliphatic carbocycles. The molecule has 0 aliphatic heterocycles.